The highest BCUT2D eigenvalue weighted by molar-refractivity contribution is 6.15. The van der Waals surface area contributed by atoms with Crippen LogP contribution in [0.5, 0.6) is 0 Å². The van der Waals surface area contributed by atoms with E-state index >= 15 is 0 Å². The molecule has 4 aliphatic heterocycles. The third-order valence-electron chi connectivity index (χ3n) is 22.2. The molecule has 33 nitrogen and oxygen atoms in total. The summed E-state index contributed by atoms with van der Waals surface area (Å²) < 4.78 is 40.6. The zero-order valence-electron chi connectivity index (χ0n) is 71.3. The van der Waals surface area contributed by atoms with Crippen molar-refractivity contribution in [2.24, 2.45) is 58.5 Å². The molecule has 0 aromatic heterocycles. The van der Waals surface area contributed by atoms with Crippen LogP contribution < -0.4 is 21.7 Å². The molecule has 0 aliphatic carbocycles. The Balaban J connectivity index is 0.943. The second kappa shape index (κ2) is 47.9. The molecular formula is C86H124N10O23. The summed E-state index contributed by atoms with van der Waals surface area (Å²) in [6.07, 6.45) is 4.52. The molecule has 1 fully saturated rings. The number of hydrogen-bond acceptors (Lipinski definition) is 23. The van der Waals surface area contributed by atoms with Crippen molar-refractivity contribution in [3.63, 3.8) is 0 Å². The Morgan fingerprint density at radius 3 is 1.61 bits per heavy atom. The van der Waals surface area contributed by atoms with E-state index in [4.69, 9.17) is 38.9 Å². The minimum atomic E-state index is -1.50. The van der Waals surface area contributed by atoms with Crippen LogP contribution in [-0.2, 0) is 102 Å². The molecule has 2 aromatic carbocycles. The predicted octanol–water partition coefficient (Wildman–Crippen LogP) is 5.69. The molecule has 0 bridgehead atoms. The van der Waals surface area contributed by atoms with Crippen molar-refractivity contribution in [2.45, 2.75) is 176 Å². The number of imide groups is 3. The summed E-state index contributed by atoms with van der Waals surface area (Å²) >= 11 is 0. The maximum Gasteiger partial charge on any atom is 0.410 e. The molecular weight excluding hydrogens is 1540 g/mol. The number of carbonyl (C=O) groups is 15. The summed E-state index contributed by atoms with van der Waals surface area (Å²) in [6, 6.07) is 11.9. The largest absolute Gasteiger partial charge is 0.445 e. The number of nitrogens with one attached hydrogen (secondary N) is 3. The van der Waals surface area contributed by atoms with Gasteiger partial charge in [-0.2, -0.15) is 0 Å². The predicted molar refractivity (Wildman–Crippen MR) is 436 cm³/mol. The van der Waals surface area contributed by atoms with Crippen molar-refractivity contribution in [1.29, 1.82) is 0 Å². The first-order valence-electron chi connectivity index (χ1n) is 40.9. The van der Waals surface area contributed by atoms with Gasteiger partial charge in [0.25, 0.3) is 35.4 Å². The van der Waals surface area contributed by atoms with E-state index in [2.05, 4.69) is 16.0 Å². The van der Waals surface area contributed by atoms with E-state index in [-0.39, 0.29) is 158 Å². The number of aliphatic hydroxyl groups excluding tert-OH is 1. The number of methoxy groups -OCH3 is 2. The van der Waals surface area contributed by atoms with Gasteiger partial charge in [-0.3, -0.25) is 77.0 Å². The highest BCUT2D eigenvalue weighted by Crippen LogP contribution is 2.35. The number of ketones is 3. The van der Waals surface area contributed by atoms with Crippen LogP contribution in [0.3, 0.4) is 0 Å². The maximum absolute atomic E-state index is 14.8. The van der Waals surface area contributed by atoms with Gasteiger partial charge in [0.1, 0.15) is 12.4 Å². The van der Waals surface area contributed by atoms with Crippen molar-refractivity contribution in [3.8, 4) is 0 Å². The molecule has 13 amide bonds. The fourth-order valence-electron chi connectivity index (χ4n) is 15.6. The number of ether oxygens (including phenoxy) is 7. The van der Waals surface area contributed by atoms with Gasteiger partial charge in [0, 0.05) is 152 Å². The first kappa shape index (κ1) is 98.1. The highest BCUT2D eigenvalue weighted by atomic mass is 16.6. The van der Waals surface area contributed by atoms with E-state index in [1.807, 2.05) is 65.0 Å². The molecule has 0 saturated carbocycles. The lowest BCUT2D eigenvalue weighted by atomic mass is 9.84. The van der Waals surface area contributed by atoms with E-state index in [9.17, 15) is 77.0 Å². The topological polar surface area (TPSA) is 422 Å². The number of amides is 13. The van der Waals surface area contributed by atoms with Gasteiger partial charge in [-0.15, -0.1) is 0 Å². The minimum absolute atomic E-state index is 0.0195. The average Bonchev–Trinajstić information content (AvgIpc) is 1.67. The smallest absolute Gasteiger partial charge is 0.410 e. The molecule has 656 valence electrons. The molecule has 0 spiro atoms. The Hall–Kier alpha value is -9.77. The van der Waals surface area contributed by atoms with Gasteiger partial charge < -0.3 is 74.6 Å². The van der Waals surface area contributed by atoms with Crippen LogP contribution in [0.4, 0.5) is 15.3 Å². The fourth-order valence-corrected chi connectivity index (χ4v) is 15.6. The normalized spacial score (nSPS) is 17.5. The molecule has 1 saturated heterocycles. The number of nitrogens with zero attached hydrogens (tertiary/aromatic N) is 6. The van der Waals surface area contributed by atoms with Crippen molar-refractivity contribution < 1.29 is 110 Å². The zero-order valence-corrected chi connectivity index (χ0v) is 71.3. The Labute approximate surface area is 697 Å². The van der Waals surface area contributed by atoms with E-state index in [0.29, 0.717) is 30.6 Å². The SMILES string of the molecule is CO[C@H]([C@@H](C)C(=O)C[C@H](C)[C@@H](O)c1ccccc1)[C@@H]1CCCN1C(=O)C[C@@H](OC)[C@H](C(C)C)N(C)C(=O)[C@@H](CC(=O)[C@H](C(C)C)N(C)C(=O)OCc1ccc(NC(=O)[C@H](CCCNC(N)=O)CC(=O)[C@@H](NC(=O)CCOCCOCCOCCOCC(CN2C(=O)C=CC2=O)(CN2C(=O)C=CC2=O)CN2C(=O)C=CC2=O)C(C)C)cc1)C(C)C. The van der Waals surface area contributed by atoms with Gasteiger partial charge in [0.15, 0.2) is 11.6 Å². The van der Waals surface area contributed by atoms with E-state index in [1.165, 1.54) is 26.2 Å². The average molecular weight is 1670 g/mol. The molecule has 0 radical (unpaired) electrons. The fraction of sp³-hybridized carbons (Fsp3) is 0.616. The molecule has 6 N–H and O–H groups in total. The monoisotopic (exact) mass is 1660 g/mol. The Kier molecular flexibility index (Phi) is 39.4. The summed E-state index contributed by atoms with van der Waals surface area (Å²) in [6.45, 7) is 17.5. The molecule has 33 heteroatoms. The van der Waals surface area contributed by atoms with Crippen molar-refractivity contribution in [3.05, 3.63) is 102 Å². The van der Waals surface area contributed by atoms with Crippen molar-refractivity contribution in [1.82, 2.24) is 40.0 Å². The number of aliphatic hydroxyl groups is 1. The number of primary amides is 1. The van der Waals surface area contributed by atoms with Crippen LogP contribution in [0.15, 0.2) is 91.1 Å². The first-order valence-corrected chi connectivity index (χ1v) is 40.9. The maximum atomic E-state index is 14.8. The number of anilines is 1. The van der Waals surface area contributed by atoms with E-state index in [0.717, 1.165) is 56.7 Å². The number of rotatable bonds is 54. The Morgan fingerprint density at radius 2 is 1.13 bits per heavy atom. The molecule has 2 aromatic rings. The van der Waals surface area contributed by atoms with E-state index in [1.54, 1.807) is 75.7 Å². The molecule has 4 aliphatic rings. The lowest BCUT2D eigenvalue weighted by Gasteiger charge is -2.40. The second-order valence-corrected chi connectivity index (χ2v) is 32.5. The first-order chi connectivity index (χ1) is 56.4. The zero-order chi connectivity index (χ0) is 88.0. The summed E-state index contributed by atoms with van der Waals surface area (Å²) in [5.41, 5.74) is 5.40. The Morgan fingerprint density at radius 1 is 0.597 bits per heavy atom. The lowest BCUT2D eigenvalue weighted by Crippen LogP contribution is -2.57. The van der Waals surface area contributed by atoms with Crippen LogP contribution >= 0.6 is 0 Å². The summed E-state index contributed by atoms with van der Waals surface area (Å²) in [4.78, 5) is 208. The summed E-state index contributed by atoms with van der Waals surface area (Å²) in [5, 5.41) is 19.2. The molecule has 6 rings (SSSR count). The number of benzene rings is 2. The lowest BCUT2D eigenvalue weighted by molar-refractivity contribution is -0.149. The molecule has 4 heterocycles. The summed E-state index contributed by atoms with van der Waals surface area (Å²) in [7, 11) is 6.15. The van der Waals surface area contributed by atoms with Crippen LogP contribution in [0.1, 0.15) is 144 Å². The van der Waals surface area contributed by atoms with Gasteiger partial charge in [0.05, 0.1) is 102 Å². The number of urea groups is 1. The van der Waals surface area contributed by atoms with Crippen LogP contribution in [-0.4, -0.2) is 273 Å². The number of nitrogens with two attached hydrogens (primary N) is 1. The van der Waals surface area contributed by atoms with E-state index < -0.39 is 156 Å². The van der Waals surface area contributed by atoms with Gasteiger partial charge in [0.2, 0.25) is 23.6 Å². The quantitative estimate of drug-likeness (QED) is 0.0392. The highest BCUT2D eigenvalue weighted by Gasteiger charge is 2.47. The van der Waals surface area contributed by atoms with Crippen LogP contribution in [0.2, 0.25) is 0 Å². The van der Waals surface area contributed by atoms with Gasteiger partial charge in [-0.05, 0) is 78.5 Å². The third-order valence-corrected chi connectivity index (χ3v) is 22.2. The third kappa shape index (κ3) is 29.0. The van der Waals surface area contributed by atoms with Gasteiger partial charge >= 0.3 is 12.1 Å². The van der Waals surface area contributed by atoms with Crippen molar-refractivity contribution >= 4 is 94.2 Å². The number of Topliss-reactive ketones (excluding diaryl/α,β-unsaturated/α-hetero) is 3. The number of likely N-dealkylation sites (N-methyl/N-ethyl adjacent to an activating group) is 2. The number of likely N-dealkylation sites (tertiary alicyclic amines) is 1. The number of carbonyl (C=O) groups excluding carboxylic acids is 15. The van der Waals surface area contributed by atoms with Gasteiger partial charge in [-0.1, -0.05) is 112 Å². The molecule has 119 heavy (non-hydrogen) atoms. The molecule has 0 unspecified atom stereocenters. The standard InChI is InChI=1S/C86H124N10O23/c1-53(2)63(83(110)91(11)79(56(7)8)68(113-13)47-76(107)93-36-19-23-64(93)81(114-14)58(10)65(97)44-57(9)80(108)60-20-16-15-17-21-60)46-67(99)78(55(5)6)92(12)85(112)119-48-59-24-26-62(27-25-59)89-82(109)61(22-18-35-88-84(87)111)45-66(98)77(54(3)4)90-69(100)34-37-115-38-39-116-40-41-117-42-43-118-52-86(49-94-70(101)28-29-71(94)102,50-95-72(103)30-31-73(95)104)51-96-74(105)32-33-75(96)106/h15-17,20-21,24-33,53-58,61,63-64,68,77-81,108H,18-19,22-23,34-52H2,1-14H3,(H,89,109)(H,90,100)(H3,87,88,111)/t57-,58-,61+,63-,64-,68+,77-,78-,79-,80+,81+/m0/s1. The minimum Gasteiger partial charge on any atom is -0.445 e. The Bertz CT molecular complexity index is 3760. The van der Waals surface area contributed by atoms with Crippen LogP contribution in [0, 0.1) is 52.8 Å². The van der Waals surface area contributed by atoms with Crippen LogP contribution in [0.25, 0.3) is 0 Å². The second-order valence-electron chi connectivity index (χ2n) is 32.5. The molecule has 11 atom stereocenters. The van der Waals surface area contributed by atoms with Crippen molar-refractivity contribution in [2.75, 3.05) is 119 Å². The summed E-state index contributed by atoms with van der Waals surface area (Å²) in [5.74, 6) is -10.4. The number of hydrogen-bond donors (Lipinski definition) is 5. The van der Waals surface area contributed by atoms with Gasteiger partial charge in [-0.25, -0.2) is 9.59 Å².